The summed E-state index contributed by atoms with van der Waals surface area (Å²) in [5.74, 6) is 2.60. The summed E-state index contributed by atoms with van der Waals surface area (Å²) in [4.78, 5) is 0. The van der Waals surface area contributed by atoms with Crippen molar-refractivity contribution in [2.24, 2.45) is 11.8 Å². The van der Waals surface area contributed by atoms with E-state index < -0.39 is 0 Å². The van der Waals surface area contributed by atoms with Crippen LogP contribution in [-0.2, 0) is 4.74 Å². The van der Waals surface area contributed by atoms with E-state index in [0.717, 1.165) is 11.8 Å². The number of epoxide rings is 1. The quantitative estimate of drug-likeness (QED) is 0.655. The minimum absolute atomic E-state index is 0.158. The average molecular weight is 326 g/mol. The minimum atomic E-state index is 0.158. The molecule has 0 unspecified atom stereocenters. The molecule has 1 aliphatic heterocycles. The monoisotopic (exact) mass is 326 g/mol. The van der Waals surface area contributed by atoms with Gasteiger partial charge in [0, 0.05) is 11.8 Å². The van der Waals surface area contributed by atoms with Crippen LogP contribution >= 0.6 is 0 Å². The number of benzene rings is 2. The molecule has 0 spiro atoms. The van der Waals surface area contributed by atoms with Crippen LogP contribution in [0.3, 0.4) is 0 Å². The molecule has 4 bridgehead atoms. The Balaban J connectivity index is 1.47. The van der Waals surface area contributed by atoms with Crippen LogP contribution in [0.15, 0.2) is 54.1 Å². The molecule has 7 rings (SSSR count). The fourth-order valence-corrected chi connectivity index (χ4v) is 7.40. The molecule has 0 N–H and O–H groups in total. The molecule has 4 fully saturated rings. The molecule has 5 aliphatic rings. The summed E-state index contributed by atoms with van der Waals surface area (Å²) in [7, 11) is 0. The minimum Gasteiger partial charge on any atom is -0.360 e. The number of hydrogen-bond acceptors (Lipinski definition) is 1. The van der Waals surface area contributed by atoms with E-state index in [-0.39, 0.29) is 11.2 Å². The lowest BCUT2D eigenvalue weighted by molar-refractivity contribution is 0.134. The zero-order valence-corrected chi connectivity index (χ0v) is 14.5. The van der Waals surface area contributed by atoms with E-state index in [1.807, 2.05) is 0 Å². The highest BCUT2D eigenvalue weighted by Gasteiger charge is 2.92. The van der Waals surface area contributed by atoms with Crippen molar-refractivity contribution in [3.63, 3.8) is 0 Å². The Morgan fingerprint density at radius 1 is 0.880 bits per heavy atom. The highest BCUT2D eigenvalue weighted by Crippen LogP contribution is 2.88. The molecule has 25 heavy (non-hydrogen) atoms. The topological polar surface area (TPSA) is 12.5 Å². The van der Waals surface area contributed by atoms with E-state index in [4.69, 9.17) is 4.74 Å². The van der Waals surface area contributed by atoms with Crippen molar-refractivity contribution in [1.82, 2.24) is 0 Å². The third-order valence-corrected chi connectivity index (χ3v) is 8.11. The maximum Gasteiger partial charge on any atom is 0.113 e. The molecule has 124 valence electrons. The van der Waals surface area contributed by atoms with Crippen LogP contribution in [0.2, 0.25) is 0 Å². The van der Waals surface area contributed by atoms with Gasteiger partial charge >= 0.3 is 0 Å². The van der Waals surface area contributed by atoms with Crippen LogP contribution < -0.4 is 0 Å². The molecule has 0 amide bonds. The van der Waals surface area contributed by atoms with Crippen molar-refractivity contribution in [2.45, 2.75) is 49.2 Å². The largest absolute Gasteiger partial charge is 0.360 e. The highest BCUT2D eigenvalue weighted by molar-refractivity contribution is 5.73. The van der Waals surface area contributed by atoms with E-state index >= 15 is 0 Å². The second-order valence-electron chi connectivity index (χ2n) is 8.95. The van der Waals surface area contributed by atoms with Gasteiger partial charge in [0.15, 0.2) is 0 Å². The molecular weight excluding hydrogens is 304 g/mol. The van der Waals surface area contributed by atoms with E-state index in [1.165, 1.54) is 30.4 Å². The van der Waals surface area contributed by atoms with Crippen molar-refractivity contribution in [1.29, 1.82) is 0 Å². The number of hydrogen-bond donors (Lipinski definition) is 0. The first-order chi connectivity index (χ1) is 12.3. The van der Waals surface area contributed by atoms with Crippen molar-refractivity contribution in [3.05, 3.63) is 76.4 Å². The first-order valence-electron chi connectivity index (χ1n) is 9.83. The first kappa shape index (κ1) is 13.4. The first-order valence-corrected chi connectivity index (χ1v) is 9.83. The third kappa shape index (κ3) is 1.24. The standard InChI is InChI=1S/C24H22O/c1-14-6-8-15(9-7-14)12-20-21-18-4-2-3-5-19(18)22(20)24-17-11-10-16(13-17)23(21,24)25-24/h2-9,12,16-17,21-22H,10-11,13H2,1H3/t16-,17-,21+,22+,23-,24-/m0/s1. The van der Waals surface area contributed by atoms with Gasteiger partial charge < -0.3 is 4.74 Å². The van der Waals surface area contributed by atoms with Crippen LogP contribution in [-0.4, -0.2) is 11.2 Å². The van der Waals surface area contributed by atoms with Gasteiger partial charge in [-0.1, -0.05) is 60.2 Å². The van der Waals surface area contributed by atoms with Crippen LogP contribution in [0.5, 0.6) is 0 Å². The molecule has 3 saturated carbocycles. The third-order valence-electron chi connectivity index (χ3n) is 8.11. The predicted molar refractivity (Wildman–Crippen MR) is 98.5 cm³/mol. The van der Waals surface area contributed by atoms with Gasteiger partial charge in [-0.2, -0.15) is 0 Å². The molecule has 2 aromatic rings. The van der Waals surface area contributed by atoms with Crippen molar-refractivity contribution in [2.75, 3.05) is 0 Å². The van der Waals surface area contributed by atoms with Crippen LogP contribution in [0.4, 0.5) is 0 Å². The van der Waals surface area contributed by atoms with Gasteiger partial charge in [0.2, 0.25) is 0 Å². The molecule has 0 aromatic heterocycles. The highest BCUT2D eigenvalue weighted by atomic mass is 16.6. The van der Waals surface area contributed by atoms with Crippen LogP contribution in [0.25, 0.3) is 6.08 Å². The Hall–Kier alpha value is -1.86. The lowest BCUT2D eigenvalue weighted by Gasteiger charge is -2.29. The number of aryl methyl sites for hydroxylation is 1. The molecular formula is C24H22O. The molecule has 4 aliphatic carbocycles. The Morgan fingerprint density at radius 3 is 2.08 bits per heavy atom. The van der Waals surface area contributed by atoms with E-state index in [9.17, 15) is 0 Å². The van der Waals surface area contributed by atoms with Crippen LogP contribution in [0, 0.1) is 18.8 Å². The summed E-state index contributed by atoms with van der Waals surface area (Å²) in [5.41, 5.74) is 7.77. The van der Waals surface area contributed by atoms with Crippen molar-refractivity contribution in [3.8, 4) is 0 Å². The maximum absolute atomic E-state index is 6.77. The summed E-state index contributed by atoms with van der Waals surface area (Å²) in [6, 6.07) is 18.2. The Labute approximate surface area is 148 Å². The van der Waals surface area contributed by atoms with Gasteiger partial charge in [-0.15, -0.1) is 0 Å². The van der Waals surface area contributed by atoms with Gasteiger partial charge in [-0.25, -0.2) is 0 Å². The fourth-order valence-electron chi connectivity index (χ4n) is 7.40. The molecule has 0 radical (unpaired) electrons. The van der Waals surface area contributed by atoms with Gasteiger partial charge in [0.25, 0.3) is 0 Å². The molecule has 1 saturated heterocycles. The van der Waals surface area contributed by atoms with E-state index in [1.54, 1.807) is 16.7 Å². The van der Waals surface area contributed by atoms with Crippen LogP contribution in [0.1, 0.15) is 53.4 Å². The Morgan fingerprint density at radius 2 is 1.48 bits per heavy atom. The SMILES string of the molecule is Cc1ccc(C=C2[C@H]3c4ccccc4[C@H]2[C@]24O[C@@]32[C@H]2CC[C@H]4C2)cc1. The Bertz CT molecular complexity index is 903. The molecule has 1 heteroatoms. The van der Waals surface area contributed by atoms with Gasteiger partial charge in [-0.05, 0) is 60.3 Å². The normalized spacial score (nSPS) is 43.8. The summed E-state index contributed by atoms with van der Waals surface area (Å²) in [6.45, 7) is 2.16. The maximum atomic E-state index is 6.77. The predicted octanol–water partition coefficient (Wildman–Crippen LogP) is 5.21. The molecule has 1 heterocycles. The number of ether oxygens (including phenoxy) is 1. The van der Waals surface area contributed by atoms with E-state index in [2.05, 4.69) is 61.5 Å². The average Bonchev–Trinajstić information content (AvgIpc) is 2.95. The van der Waals surface area contributed by atoms with E-state index in [0.29, 0.717) is 11.8 Å². The summed E-state index contributed by atoms with van der Waals surface area (Å²) >= 11 is 0. The fraction of sp³-hybridized carbons (Fsp3) is 0.417. The van der Waals surface area contributed by atoms with Gasteiger partial charge in [-0.3, -0.25) is 0 Å². The second-order valence-corrected chi connectivity index (χ2v) is 8.95. The second kappa shape index (κ2) is 3.94. The summed E-state index contributed by atoms with van der Waals surface area (Å²) < 4.78 is 6.77. The van der Waals surface area contributed by atoms with Crippen molar-refractivity contribution < 1.29 is 4.74 Å². The van der Waals surface area contributed by atoms with Gasteiger partial charge in [0.05, 0.1) is 0 Å². The lowest BCUT2D eigenvalue weighted by atomic mass is 9.69. The molecule has 1 nitrogen and oxygen atoms in total. The smallest absolute Gasteiger partial charge is 0.113 e. The van der Waals surface area contributed by atoms with Crippen molar-refractivity contribution >= 4 is 6.08 Å². The molecule has 2 aromatic carbocycles. The number of fused-ring (bicyclic) bond motifs is 7. The molecule has 6 atom stereocenters. The zero-order valence-electron chi connectivity index (χ0n) is 14.5. The Kier molecular flexibility index (Phi) is 2.10. The summed E-state index contributed by atoms with van der Waals surface area (Å²) in [6.07, 6.45) is 6.68. The lowest BCUT2D eigenvalue weighted by Crippen LogP contribution is -2.36. The summed E-state index contributed by atoms with van der Waals surface area (Å²) in [5, 5.41) is 0. The zero-order chi connectivity index (χ0) is 16.4. The number of rotatable bonds is 1. The van der Waals surface area contributed by atoms with Gasteiger partial charge in [0.1, 0.15) is 11.2 Å².